The Hall–Kier alpha value is -4.20. The van der Waals surface area contributed by atoms with Crippen molar-refractivity contribution < 1.29 is 11.0 Å². The summed E-state index contributed by atoms with van der Waals surface area (Å²) in [5, 5.41) is 6.25. The molecule has 8 heteroatoms. The van der Waals surface area contributed by atoms with E-state index in [0.717, 1.165) is 80.7 Å². The Kier molecular flexibility index (Phi) is 7.40. The van der Waals surface area contributed by atoms with E-state index in [4.69, 9.17) is 0 Å². The monoisotopic (exact) mass is 514 g/mol. The van der Waals surface area contributed by atoms with Gasteiger partial charge in [-0.1, -0.05) is 25.3 Å². The predicted octanol–water partition coefficient (Wildman–Crippen LogP) is 4.52. The lowest BCUT2D eigenvalue weighted by atomic mass is 9.95. The lowest BCUT2D eigenvalue weighted by Gasteiger charge is -2.40. The fraction of sp³-hybridized carbons (Fsp3) is 0.333. The van der Waals surface area contributed by atoms with Gasteiger partial charge in [-0.25, -0.2) is 4.79 Å². The number of nitrogens with one attached hydrogen (secondary N) is 2. The molecule has 5 rings (SSSR count). The molecule has 3 aliphatic heterocycles. The van der Waals surface area contributed by atoms with E-state index in [9.17, 15) is 9.59 Å². The number of amides is 3. The van der Waals surface area contributed by atoms with Crippen LogP contribution in [0.3, 0.4) is 0 Å². The zero-order valence-electron chi connectivity index (χ0n) is 22.0. The smallest absolute Gasteiger partial charge is 0.317 e. The molecule has 38 heavy (non-hydrogen) atoms. The molecular weight excluding hydrogens is 476 g/mol. The molecule has 0 atom stereocenters. The number of carbonyl (C=O) groups excluding carboxylic acids is 2. The normalized spacial score (nSPS) is 17.1. The van der Waals surface area contributed by atoms with Gasteiger partial charge in [0.25, 0.3) is 0 Å². The van der Waals surface area contributed by atoms with Crippen LogP contribution in [0.4, 0.5) is 27.5 Å². The van der Waals surface area contributed by atoms with Crippen molar-refractivity contribution in [3.8, 4) is 0 Å². The van der Waals surface area contributed by atoms with Gasteiger partial charge in [0, 0.05) is 77.0 Å². The highest BCUT2D eigenvalue weighted by Crippen LogP contribution is 2.35. The molecule has 0 radical (unpaired) electrons. The number of rotatable bonds is 7. The second-order valence-corrected chi connectivity index (χ2v) is 10.1. The number of allylic oxidation sites excluding steroid dienone is 1. The Labute approximate surface area is 226 Å². The lowest BCUT2D eigenvalue weighted by molar-refractivity contribution is -0.132. The first-order chi connectivity index (χ1) is 18.4. The van der Waals surface area contributed by atoms with Gasteiger partial charge in [0.05, 0.1) is 5.69 Å². The van der Waals surface area contributed by atoms with Crippen molar-refractivity contribution in [2.75, 3.05) is 68.0 Å². The summed E-state index contributed by atoms with van der Waals surface area (Å²) in [6, 6.07) is 14.9. The Balaban J connectivity index is 0.00000353. The fourth-order valence-electron chi connectivity index (χ4n) is 5.31. The van der Waals surface area contributed by atoms with Crippen LogP contribution in [0.15, 0.2) is 73.5 Å². The van der Waals surface area contributed by atoms with Gasteiger partial charge in [0.1, 0.15) is 0 Å². The van der Waals surface area contributed by atoms with Crippen molar-refractivity contribution >= 4 is 40.8 Å². The Morgan fingerprint density at radius 3 is 2.39 bits per heavy atom. The topological polar surface area (TPSA) is 71.2 Å². The van der Waals surface area contributed by atoms with E-state index in [1.165, 1.54) is 11.6 Å². The summed E-state index contributed by atoms with van der Waals surface area (Å²) in [6.07, 6.45) is 6.58. The quantitative estimate of drug-likeness (QED) is 0.532. The maximum Gasteiger partial charge on any atom is 0.317 e. The van der Waals surface area contributed by atoms with Crippen LogP contribution in [0.1, 0.15) is 13.4 Å². The van der Waals surface area contributed by atoms with Gasteiger partial charge in [0.2, 0.25) is 5.91 Å². The molecule has 2 aromatic rings. The maximum absolute atomic E-state index is 11.8. The van der Waals surface area contributed by atoms with E-state index < -0.39 is 0 Å². The second kappa shape index (κ2) is 11.0. The van der Waals surface area contributed by atoms with Crippen LogP contribution in [0, 0.1) is 5.92 Å². The summed E-state index contributed by atoms with van der Waals surface area (Å²) < 4.78 is 0. The minimum Gasteiger partial charge on any atom is -0.368 e. The van der Waals surface area contributed by atoms with E-state index in [1.54, 1.807) is 7.05 Å². The number of hydrogen-bond acceptors (Lipinski definition) is 5. The van der Waals surface area contributed by atoms with E-state index in [-0.39, 0.29) is 13.4 Å². The van der Waals surface area contributed by atoms with Crippen molar-refractivity contribution in [2.24, 2.45) is 5.92 Å². The van der Waals surface area contributed by atoms with Gasteiger partial charge in [0.15, 0.2) is 0 Å². The van der Waals surface area contributed by atoms with Crippen molar-refractivity contribution in [3.63, 3.8) is 0 Å². The molecule has 0 aliphatic carbocycles. The van der Waals surface area contributed by atoms with E-state index >= 15 is 0 Å². The molecule has 3 aliphatic rings. The number of piperazine rings is 1. The molecule has 2 fully saturated rings. The minimum atomic E-state index is -0.0124. The van der Waals surface area contributed by atoms with Crippen molar-refractivity contribution in [3.05, 3.63) is 79.0 Å². The summed E-state index contributed by atoms with van der Waals surface area (Å²) in [5.41, 5.74) is 6.51. The zero-order chi connectivity index (χ0) is 26.6. The third-order valence-corrected chi connectivity index (χ3v) is 7.63. The average Bonchev–Trinajstić information content (AvgIpc) is 2.93. The number of likely N-dealkylation sites (tertiary alicyclic amines) is 1. The van der Waals surface area contributed by atoms with Gasteiger partial charge in [-0.2, -0.15) is 0 Å². The average molecular weight is 515 g/mol. The molecule has 2 N–H and O–H groups in total. The first-order valence-corrected chi connectivity index (χ1v) is 13.2. The molecule has 0 aromatic heterocycles. The van der Waals surface area contributed by atoms with Gasteiger partial charge in [-0.15, -0.1) is 0 Å². The number of hydrogen-bond donors (Lipinski definition) is 2. The Bertz CT molecular complexity index is 1250. The third-order valence-electron chi connectivity index (χ3n) is 7.63. The first kappa shape index (κ1) is 25.4. The molecular formula is C30H38N6O2. The van der Waals surface area contributed by atoms with E-state index in [0.29, 0.717) is 5.92 Å². The van der Waals surface area contributed by atoms with Gasteiger partial charge in [-0.3, -0.25) is 4.79 Å². The Morgan fingerprint density at radius 1 is 1.00 bits per heavy atom. The molecule has 0 unspecified atom stereocenters. The highest BCUT2D eigenvalue weighted by Gasteiger charge is 2.30. The summed E-state index contributed by atoms with van der Waals surface area (Å²) >= 11 is 0. The first-order valence-electron chi connectivity index (χ1n) is 13.2. The van der Waals surface area contributed by atoms with Crippen molar-refractivity contribution in [2.45, 2.75) is 6.42 Å². The largest absolute Gasteiger partial charge is 0.368 e. The number of fused-ring (bicyclic) bond motifs is 1. The number of carbonyl (C=O) groups is 2. The van der Waals surface area contributed by atoms with Crippen molar-refractivity contribution in [1.82, 2.24) is 15.1 Å². The predicted molar refractivity (Wildman–Crippen MR) is 157 cm³/mol. The summed E-state index contributed by atoms with van der Waals surface area (Å²) in [7, 11) is 1.67. The van der Waals surface area contributed by atoms with Gasteiger partial charge >= 0.3 is 6.03 Å². The molecule has 2 aromatic carbocycles. The van der Waals surface area contributed by atoms with E-state index in [2.05, 4.69) is 88.2 Å². The second-order valence-electron chi connectivity index (χ2n) is 10.1. The summed E-state index contributed by atoms with van der Waals surface area (Å²) in [4.78, 5) is 31.9. The third kappa shape index (κ3) is 5.39. The molecule has 0 spiro atoms. The molecule has 2 saturated heterocycles. The van der Waals surface area contributed by atoms with Crippen LogP contribution in [0.25, 0.3) is 6.08 Å². The maximum atomic E-state index is 11.8. The standard InChI is InChI=1S/C30H36N6O2.H2/c1-4-29(37)35-20-23(21-35)13-14-36-22(2)5-6-24-7-8-26(19-28(24)36)32-25-9-11-27(12-10-25)33-15-17-34(18-16-33)30(38)31-3;/h4-12,19,23,32H,1-2,13-18,20-21H2,3H3,(H,31,38);1H. The Morgan fingerprint density at radius 2 is 1.71 bits per heavy atom. The number of anilines is 4. The van der Waals surface area contributed by atoms with Crippen LogP contribution in [0.2, 0.25) is 0 Å². The molecule has 8 nitrogen and oxygen atoms in total. The molecule has 200 valence electrons. The molecule has 0 bridgehead atoms. The van der Waals surface area contributed by atoms with Crippen LogP contribution in [0.5, 0.6) is 0 Å². The highest BCUT2D eigenvalue weighted by molar-refractivity contribution is 5.87. The zero-order valence-corrected chi connectivity index (χ0v) is 22.0. The van der Waals surface area contributed by atoms with Crippen molar-refractivity contribution in [1.29, 1.82) is 0 Å². The lowest BCUT2D eigenvalue weighted by Crippen LogP contribution is -2.51. The van der Waals surface area contributed by atoms with Gasteiger partial charge < -0.3 is 30.2 Å². The van der Waals surface area contributed by atoms with Crippen LogP contribution < -0.4 is 20.4 Å². The van der Waals surface area contributed by atoms with E-state index in [1.807, 2.05) is 9.80 Å². The number of nitrogens with zero attached hydrogens (tertiary/aromatic N) is 4. The van der Waals surface area contributed by atoms with Gasteiger partial charge in [-0.05, 0) is 66.5 Å². The molecule has 3 amide bonds. The summed E-state index contributed by atoms with van der Waals surface area (Å²) in [6.45, 7) is 13.4. The van der Waals surface area contributed by atoms with Crippen LogP contribution in [-0.2, 0) is 4.79 Å². The summed E-state index contributed by atoms with van der Waals surface area (Å²) in [5.74, 6) is 0.525. The molecule has 3 heterocycles. The number of benzene rings is 2. The fourth-order valence-corrected chi connectivity index (χ4v) is 5.31. The highest BCUT2D eigenvalue weighted by atomic mass is 16.2. The minimum absolute atomic E-state index is 0. The van der Waals surface area contributed by atoms with Crippen LogP contribution in [-0.4, -0.2) is 74.6 Å². The SMILES string of the molecule is C=CC(=O)N1CC(CCN2C(=C)C=Cc3ccc(Nc4ccc(N5CCN(C(=O)NC)CC5)cc4)cc32)C1.[HH]. The molecule has 0 saturated carbocycles. The number of urea groups is 1. The van der Waals surface area contributed by atoms with Crippen LogP contribution >= 0.6 is 0 Å².